The molecule has 126 valence electrons. The molecular formula is C20H18FN3O. The van der Waals surface area contributed by atoms with Gasteiger partial charge in [-0.2, -0.15) is 0 Å². The van der Waals surface area contributed by atoms with Crippen molar-refractivity contribution < 1.29 is 4.39 Å². The summed E-state index contributed by atoms with van der Waals surface area (Å²) in [5.41, 5.74) is 2.28. The van der Waals surface area contributed by atoms with Crippen LogP contribution in [0.3, 0.4) is 0 Å². The van der Waals surface area contributed by atoms with Crippen LogP contribution in [0.25, 0.3) is 10.8 Å². The van der Waals surface area contributed by atoms with Gasteiger partial charge in [-0.3, -0.25) is 9.78 Å². The number of hydrogen-bond donors (Lipinski definition) is 0. The Balaban J connectivity index is 1.59. The second-order valence-corrected chi connectivity index (χ2v) is 7.09. The van der Waals surface area contributed by atoms with Gasteiger partial charge in [0.2, 0.25) is 0 Å². The zero-order valence-corrected chi connectivity index (χ0v) is 13.7. The van der Waals surface area contributed by atoms with Gasteiger partial charge in [-0.25, -0.2) is 4.39 Å². The highest BCUT2D eigenvalue weighted by atomic mass is 19.1. The van der Waals surface area contributed by atoms with Crippen molar-refractivity contribution in [1.82, 2.24) is 9.55 Å². The quantitative estimate of drug-likeness (QED) is 0.686. The fourth-order valence-corrected chi connectivity index (χ4v) is 4.51. The zero-order chi connectivity index (χ0) is 17.0. The summed E-state index contributed by atoms with van der Waals surface area (Å²) in [5, 5.41) is 1.47. The van der Waals surface area contributed by atoms with Crippen LogP contribution in [0.2, 0.25) is 0 Å². The van der Waals surface area contributed by atoms with Crippen molar-refractivity contribution in [1.29, 1.82) is 0 Å². The number of benzene rings is 1. The number of pyridine rings is 2. The van der Waals surface area contributed by atoms with Crippen LogP contribution >= 0.6 is 0 Å². The van der Waals surface area contributed by atoms with Gasteiger partial charge in [0.25, 0.3) is 5.56 Å². The molecule has 4 heterocycles. The summed E-state index contributed by atoms with van der Waals surface area (Å²) in [6, 6.07) is 10.9. The van der Waals surface area contributed by atoms with Crippen LogP contribution in [0.15, 0.2) is 53.6 Å². The fourth-order valence-electron chi connectivity index (χ4n) is 4.51. The molecule has 2 atom stereocenters. The molecule has 2 aliphatic heterocycles. The first-order valence-corrected chi connectivity index (χ1v) is 8.67. The Kier molecular flexibility index (Phi) is 3.17. The van der Waals surface area contributed by atoms with E-state index in [0.29, 0.717) is 17.2 Å². The van der Waals surface area contributed by atoms with Crippen LogP contribution in [0.1, 0.15) is 18.0 Å². The average Bonchev–Trinajstić information content (AvgIpc) is 2.63. The topological polar surface area (TPSA) is 38.1 Å². The van der Waals surface area contributed by atoms with Gasteiger partial charge in [-0.05, 0) is 36.6 Å². The van der Waals surface area contributed by atoms with Crippen LogP contribution < -0.4 is 10.5 Å². The first-order chi connectivity index (χ1) is 12.2. The third-order valence-corrected chi connectivity index (χ3v) is 5.56. The van der Waals surface area contributed by atoms with E-state index in [0.717, 1.165) is 42.8 Å². The average molecular weight is 335 g/mol. The summed E-state index contributed by atoms with van der Waals surface area (Å²) in [4.78, 5) is 18.6. The highest BCUT2D eigenvalue weighted by Crippen LogP contribution is 2.39. The van der Waals surface area contributed by atoms with E-state index in [4.69, 9.17) is 0 Å². The van der Waals surface area contributed by atoms with Crippen molar-refractivity contribution in [3.8, 4) is 0 Å². The largest absolute Gasteiger partial charge is 0.370 e. The molecule has 5 heteroatoms. The summed E-state index contributed by atoms with van der Waals surface area (Å²) in [6.45, 7) is 2.51. The van der Waals surface area contributed by atoms with Crippen LogP contribution in [-0.2, 0) is 6.54 Å². The van der Waals surface area contributed by atoms with Crippen molar-refractivity contribution in [2.45, 2.75) is 18.9 Å². The van der Waals surface area contributed by atoms with Crippen LogP contribution in [-0.4, -0.2) is 22.6 Å². The first-order valence-electron chi connectivity index (χ1n) is 8.67. The summed E-state index contributed by atoms with van der Waals surface area (Å²) >= 11 is 0. The van der Waals surface area contributed by atoms with E-state index < -0.39 is 0 Å². The Bertz CT molecular complexity index is 1030. The maximum atomic E-state index is 14.1. The Morgan fingerprint density at radius 3 is 2.88 bits per heavy atom. The lowest BCUT2D eigenvalue weighted by Gasteiger charge is -2.44. The van der Waals surface area contributed by atoms with Gasteiger partial charge in [0.15, 0.2) is 0 Å². The summed E-state index contributed by atoms with van der Waals surface area (Å²) in [5.74, 6) is 0.539. The minimum atomic E-state index is -0.235. The molecule has 2 aromatic heterocycles. The third kappa shape index (κ3) is 2.26. The lowest BCUT2D eigenvalue weighted by Crippen LogP contribution is -2.47. The second kappa shape index (κ2) is 5.41. The lowest BCUT2D eigenvalue weighted by molar-refractivity contribution is 0.282. The standard InChI is InChI=1S/C20H18FN3O/c21-17-4-5-19(15-6-7-22-9-16(15)17)23-10-13-8-14(12-23)18-2-1-3-20(25)24(18)11-13/h1-7,9,13-14H,8,10-12H2/t13-,14+/m0/s1. The van der Waals surface area contributed by atoms with Crippen molar-refractivity contribution in [3.63, 3.8) is 0 Å². The number of nitrogens with zero attached hydrogens (tertiary/aromatic N) is 3. The van der Waals surface area contributed by atoms with Gasteiger partial charge in [-0.15, -0.1) is 0 Å². The molecule has 1 fully saturated rings. The molecule has 0 saturated carbocycles. The Morgan fingerprint density at radius 2 is 1.96 bits per heavy atom. The minimum Gasteiger partial charge on any atom is -0.370 e. The SMILES string of the molecule is O=c1cccc2n1C[C@H]1C[C@@H]2CN(c2ccc(F)c3cnccc23)C1. The predicted molar refractivity (Wildman–Crippen MR) is 95.5 cm³/mol. The van der Waals surface area contributed by atoms with E-state index in [1.54, 1.807) is 18.5 Å². The molecule has 0 unspecified atom stereocenters. The van der Waals surface area contributed by atoms with E-state index in [1.165, 1.54) is 6.07 Å². The molecule has 25 heavy (non-hydrogen) atoms. The number of halogens is 1. The fraction of sp³-hybridized carbons (Fsp3) is 0.300. The Labute approximate surface area is 144 Å². The molecule has 0 radical (unpaired) electrons. The second-order valence-electron chi connectivity index (χ2n) is 7.09. The van der Waals surface area contributed by atoms with E-state index in [9.17, 15) is 9.18 Å². The van der Waals surface area contributed by atoms with Crippen molar-refractivity contribution in [2.75, 3.05) is 18.0 Å². The summed E-state index contributed by atoms with van der Waals surface area (Å²) < 4.78 is 16.0. The van der Waals surface area contributed by atoms with E-state index in [-0.39, 0.29) is 11.4 Å². The van der Waals surface area contributed by atoms with E-state index in [2.05, 4.69) is 16.0 Å². The first kappa shape index (κ1) is 14.6. The monoisotopic (exact) mass is 335 g/mol. The van der Waals surface area contributed by atoms with E-state index in [1.807, 2.05) is 22.8 Å². The van der Waals surface area contributed by atoms with Crippen LogP contribution in [0.4, 0.5) is 10.1 Å². The molecule has 3 aromatic rings. The number of rotatable bonds is 1. The highest BCUT2D eigenvalue weighted by molar-refractivity contribution is 5.94. The summed E-state index contributed by atoms with van der Waals surface area (Å²) in [6.07, 6.45) is 4.42. The van der Waals surface area contributed by atoms with Gasteiger partial charge in [-0.1, -0.05) is 6.07 Å². The maximum Gasteiger partial charge on any atom is 0.250 e. The van der Waals surface area contributed by atoms with Crippen molar-refractivity contribution in [3.05, 3.63) is 70.7 Å². The number of fused-ring (bicyclic) bond motifs is 5. The Hall–Kier alpha value is -2.69. The molecule has 0 spiro atoms. The molecule has 0 amide bonds. The normalized spacial score (nSPS) is 22.0. The summed E-state index contributed by atoms with van der Waals surface area (Å²) in [7, 11) is 0. The molecule has 4 nitrogen and oxygen atoms in total. The van der Waals surface area contributed by atoms with Gasteiger partial charge in [0.1, 0.15) is 5.82 Å². The van der Waals surface area contributed by atoms with Crippen molar-refractivity contribution >= 4 is 16.5 Å². The number of piperidine rings is 1. The van der Waals surface area contributed by atoms with Gasteiger partial charge < -0.3 is 9.47 Å². The smallest absolute Gasteiger partial charge is 0.250 e. The van der Waals surface area contributed by atoms with Gasteiger partial charge >= 0.3 is 0 Å². The molecule has 5 rings (SSSR count). The molecule has 2 aliphatic rings. The van der Waals surface area contributed by atoms with Gasteiger partial charge in [0, 0.05) is 66.2 Å². The zero-order valence-electron chi connectivity index (χ0n) is 13.7. The number of hydrogen-bond acceptors (Lipinski definition) is 3. The van der Waals surface area contributed by atoms with Crippen LogP contribution in [0, 0.1) is 11.7 Å². The number of anilines is 1. The lowest BCUT2D eigenvalue weighted by atomic mass is 9.83. The molecule has 1 aromatic carbocycles. The molecular weight excluding hydrogens is 317 g/mol. The van der Waals surface area contributed by atoms with Crippen LogP contribution in [0.5, 0.6) is 0 Å². The maximum absolute atomic E-state index is 14.1. The molecule has 0 N–H and O–H groups in total. The molecule has 1 saturated heterocycles. The molecule has 2 bridgehead atoms. The third-order valence-electron chi connectivity index (χ3n) is 5.56. The number of aromatic nitrogens is 2. The predicted octanol–water partition coefficient (Wildman–Crippen LogP) is 3.16. The highest BCUT2D eigenvalue weighted by Gasteiger charge is 2.35. The van der Waals surface area contributed by atoms with Crippen molar-refractivity contribution in [2.24, 2.45) is 5.92 Å². The Morgan fingerprint density at radius 1 is 1.04 bits per heavy atom. The molecule has 0 aliphatic carbocycles. The van der Waals surface area contributed by atoms with E-state index >= 15 is 0 Å². The van der Waals surface area contributed by atoms with Gasteiger partial charge in [0.05, 0.1) is 0 Å². The minimum absolute atomic E-state index is 0.0963.